The molecular formula is C22H22N6O3. The van der Waals surface area contributed by atoms with E-state index in [1.807, 2.05) is 9.80 Å². The Morgan fingerprint density at radius 1 is 0.871 bits per heavy atom. The maximum absolute atomic E-state index is 9.57. The summed E-state index contributed by atoms with van der Waals surface area (Å²) in [7, 11) is 0. The van der Waals surface area contributed by atoms with Crippen molar-refractivity contribution in [2.45, 2.75) is 38.0 Å². The average molecular weight is 418 g/mol. The lowest BCUT2D eigenvalue weighted by atomic mass is 9.89. The first-order valence-electron chi connectivity index (χ1n) is 10.6. The van der Waals surface area contributed by atoms with Gasteiger partial charge in [-0.15, -0.1) is 0 Å². The quantitative estimate of drug-likeness (QED) is 0.618. The molecule has 9 heteroatoms. The minimum atomic E-state index is 0.233. The molecule has 2 fully saturated rings. The van der Waals surface area contributed by atoms with E-state index in [-0.39, 0.29) is 11.6 Å². The summed E-state index contributed by atoms with van der Waals surface area (Å²) in [4.78, 5) is 12.8. The second kappa shape index (κ2) is 8.19. The molecule has 0 spiro atoms. The molecule has 158 valence electrons. The van der Waals surface area contributed by atoms with Crippen LogP contribution in [0.3, 0.4) is 0 Å². The van der Waals surface area contributed by atoms with Crippen molar-refractivity contribution in [3.63, 3.8) is 0 Å². The third-order valence-corrected chi connectivity index (χ3v) is 5.99. The average Bonchev–Trinajstić information content (AvgIpc) is 3.58. The van der Waals surface area contributed by atoms with Gasteiger partial charge in [-0.05, 0) is 25.0 Å². The van der Waals surface area contributed by atoms with Gasteiger partial charge in [0.2, 0.25) is 29.0 Å². The van der Waals surface area contributed by atoms with E-state index in [9.17, 15) is 10.5 Å². The first-order chi connectivity index (χ1) is 15.3. The Labute approximate surface area is 179 Å². The topological polar surface area (TPSA) is 119 Å². The van der Waals surface area contributed by atoms with E-state index in [0.29, 0.717) is 61.2 Å². The minimum Gasteiger partial charge on any atom is -0.459 e. The highest BCUT2D eigenvalue weighted by atomic mass is 16.4. The molecule has 1 saturated heterocycles. The van der Waals surface area contributed by atoms with Crippen LogP contribution in [0.25, 0.3) is 11.7 Å². The van der Waals surface area contributed by atoms with E-state index in [2.05, 4.69) is 22.1 Å². The Hall–Kier alpha value is -3.72. The lowest BCUT2D eigenvalue weighted by Gasteiger charge is -2.34. The van der Waals surface area contributed by atoms with Gasteiger partial charge in [0.05, 0.1) is 6.26 Å². The number of piperazine rings is 1. The van der Waals surface area contributed by atoms with E-state index in [0.717, 1.165) is 12.8 Å². The molecule has 5 rings (SSSR count). The fraction of sp³-hybridized carbons (Fsp3) is 0.455. The number of nitrogens with zero attached hydrogens (tertiary/aromatic N) is 6. The molecule has 3 aromatic heterocycles. The SMILES string of the molecule is N#Cc1nc(-c2ccco2)oc1N1CCN(c2oc(C3CCCCC3)nc2C#N)CC1. The Morgan fingerprint density at radius 2 is 1.52 bits per heavy atom. The van der Waals surface area contributed by atoms with Crippen molar-refractivity contribution in [3.05, 3.63) is 35.7 Å². The highest BCUT2D eigenvalue weighted by Gasteiger charge is 2.30. The molecule has 0 atom stereocenters. The van der Waals surface area contributed by atoms with Gasteiger partial charge >= 0.3 is 0 Å². The van der Waals surface area contributed by atoms with E-state index in [4.69, 9.17) is 13.3 Å². The van der Waals surface area contributed by atoms with Crippen LogP contribution in [0.15, 0.2) is 31.6 Å². The lowest BCUT2D eigenvalue weighted by molar-refractivity contribution is 0.362. The number of anilines is 2. The van der Waals surface area contributed by atoms with Gasteiger partial charge in [-0.25, -0.2) is 4.98 Å². The molecule has 2 aliphatic rings. The van der Waals surface area contributed by atoms with Crippen molar-refractivity contribution in [3.8, 4) is 23.8 Å². The molecule has 0 aromatic carbocycles. The molecule has 1 aliphatic carbocycles. The van der Waals surface area contributed by atoms with E-state index >= 15 is 0 Å². The van der Waals surface area contributed by atoms with Gasteiger partial charge < -0.3 is 23.1 Å². The van der Waals surface area contributed by atoms with Crippen LogP contribution in [0.2, 0.25) is 0 Å². The molecule has 0 radical (unpaired) electrons. The molecule has 0 unspecified atom stereocenters. The van der Waals surface area contributed by atoms with Crippen molar-refractivity contribution in [1.82, 2.24) is 9.97 Å². The van der Waals surface area contributed by atoms with Crippen molar-refractivity contribution < 1.29 is 13.3 Å². The Morgan fingerprint density at radius 3 is 2.13 bits per heavy atom. The summed E-state index contributed by atoms with van der Waals surface area (Å²) in [6.45, 7) is 2.45. The fourth-order valence-electron chi connectivity index (χ4n) is 4.36. The molecular weight excluding hydrogens is 396 g/mol. The number of rotatable bonds is 4. The zero-order chi connectivity index (χ0) is 21.2. The van der Waals surface area contributed by atoms with Crippen LogP contribution < -0.4 is 9.80 Å². The zero-order valence-corrected chi connectivity index (χ0v) is 17.1. The van der Waals surface area contributed by atoms with Gasteiger partial charge in [0.25, 0.3) is 5.89 Å². The third-order valence-electron chi connectivity index (χ3n) is 5.99. The van der Waals surface area contributed by atoms with E-state index < -0.39 is 0 Å². The number of hydrogen-bond acceptors (Lipinski definition) is 9. The number of aromatic nitrogens is 2. The Balaban J connectivity index is 1.32. The maximum Gasteiger partial charge on any atom is 0.266 e. The predicted molar refractivity (Wildman–Crippen MR) is 110 cm³/mol. The molecule has 3 aromatic rings. The molecule has 9 nitrogen and oxygen atoms in total. The second-order valence-corrected chi connectivity index (χ2v) is 7.89. The molecule has 1 saturated carbocycles. The second-order valence-electron chi connectivity index (χ2n) is 7.89. The third kappa shape index (κ3) is 3.64. The molecule has 0 amide bonds. The molecule has 31 heavy (non-hydrogen) atoms. The molecule has 4 heterocycles. The smallest absolute Gasteiger partial charge is 0.266 e. The predicted octanol–water partition coefficient (Wildman–Crippen LogP) is 4.04. The monoisotopic (exact) mass is 418 g/mol. The van der Waals surface area contributed by atoms with Crippen LogP contribution in [0.1, 0.15) is 55.3 Å². The minimum absolute atomic E-state index is 0.233. The van der Waals surface area contributed by atoms with Crippen molar-refractivity contribution >= 4 is 11.8 Å². The summed E-state index contributed by atoms with van der Waals surface area (Å²) >= 11 is 0. The molecule has 0 bridgehead atoms. The van der Waals surface area contributed by atoms with Crippen LogP contribution in [0.5, 0.6) is 0 Å². The zero-order valence-electron chi connectivity index (χ0n) is 17.1. The normalized spacial score (nSPS) is 17.5. The summed E-state index contributed by atoms with van der Waals surface area (Å²) in [5.41, 5.74) is 0.586. The molecule has 0 N–H and O–H groups in total. The number of oxazole rings is 2. The lowest BCUT2D eigenvalue weighted by Crippen LogP contribution is -2.46. The summed E-state index contributed by atoms with van der Waals surface area (Å²) in [5.74, 6) is 2.77. The van der Waals surface area contributed by atoms with Crippen LogP contribution in [-0.2, 0) is 0 Å². The van der Waals surface area contributed by atoms with Gasteiger partial charge in [0.15, 0.2) is 5.76 Å². The van der Waals surface area contributed by atoms with Crippen LogP contribution in [0, 0.1) is 22.7 Å². The molecule has 1 aliphatic heterocycles. The van der Waals surface area contributed by atoms with E-state index in [1.54, 1.807) is 12.1 Å². The van der Waals surface area contributed by atoms with Crippen LogP contribution >= 0.6 is 0 Å². The summed E-state index contributed by atoms with van der Waals surface area (Å²) in [5, 5.41) is 19.1. The van der Waals surface area contributed by atoms with Gasteiger partial charge in [0.1, 0.15) is 12.1 Å². The van der Waals surface area contributed by atoms with Gasteiger partial charge in [-0.1, -0.05) is 19.3 Å². The largest absolute Gasteiger partial charge is 0.459 e. The van der Waals surface area contributed by atoms with Gasteiger partial charge in [0, 0.05) is 32.1 Å². The summed E-state index contributed by atoms with van der Waals surface area (Å²) in [6, 6.07) is 7.78. The summed E-state index contributed by atoms with van der Waals surface area (Å²) < 4.78 is 17.3. The van der Waals surface area contributed by atoms with Crippen molar-refractivity contribution in [2.75, 3.05) is 36.0 Å². The number of furan rings is 1. The van der Waals surface area contributed by atoms with Crippen molar-refractivity contribution in [1.29, 1.82) is 10.5 Å². The van der Waals surface area contributed by atoms with Crippen LogP contribution in [0.4, 0.5) is 11.8 Å². The van der Waals surface area contributed by atoms with Gasteiger partial charge in [-0.2, -0.15) is 15.5 Å². The highest BCUT2D eigenvalue weighted by Crippen LogP contribution is 2.36. The standard InChI is InChI=1S/C22H22N6O3/c23-13-16-21(30-19(25-16)15-5-2-1-3-6-15)27-8-10-28(11-9-27)22-17(14-24)26-20(31-22)18-7-4-12-29-18/h4,7,12,15H,1-3,5-6,8-11H2. The number of nitriles is 2. The maximum atomic E-state index is 9.57. The Bertz CT molecular complexity index is 1120. The first kappa shape index (κ1) is 19.3. The number of hydrogen-bond donors (Lipinski definition) is 0. The fourth-order valence-corrected chi connectivity index (χ4v) is 4.36. The first-order valence-corrected chi connectivity index (χ1v) is 10.6. The van der Waals surface area contributed by atoms with Crippen LogP contribution in [-0.4, -0.2) is 36.1 Å². The van der Waals surface area contributed by atoms with E-state index in [1.165, 1.54) is 25.5 Å². The van der Waals surface area contributed by atoms with Crippen molar-refractivity contribution in [2.24, 2.45) is 0 Å². The highest BCUT2D eigenvalue weighted by molar-refractivity contribution is 5.57. The Kier molecular flexibility index (Phi) is 5.09. The van der Waals surface area contributed by atoms with Gasteiger partial charge in [-0.3, -0.25) is 0 Å². The summed E-state index contributed by atoms with van der Waals surface area (Å²) in [6.07, 6.45) is 7.29.